The van der Waals surface area contributed by atoms with Gasteiger partial charge in [-0.1, -0.05) is 11.6 Å². The Kier molecular flexibility index (Phi) is 3.75. The lowest BCUT2D eigenvalue weighted by atomic mass is 10.0. The quantitative estimate of drug-likeness (QED) is 0.858. The lowest BCUT2D eigenvalue weighted by Gasteiger charge is -2.22. The molecule has 0 aliphatic carbocycles. The highest BCUT2D eigenvalue weighted by Gasteiger charge is 2.13. The van der Waals surface area contributed by atoms with Crippen LogP contribution in [0, 0.1) is 5.92 Å². The van der Waals surface area contributed by atoms with Crippen molar-refractivity contribution in [2.24, 2.45) is 5.92 Å². The van der Waals surface area contributed by atoms with Crippen molar-refractivity contribution in [3.05, 3.63) is 17.5 Å². The molecule has 2 heterocycles. The highest BCUT2D eigenvalue weighted by molar-refractivity contribution is 6.29. The minimum Gasteiger partial charge on any atom is -0.381 e. The van der Waals surface area contributed by atoms with Crippen LogP contribution in [0.5, 0.6) is 0 Å². The van der Waals surface area contributed by atoms with Crippen LogP contribution in [-0.4, -0.2) is 29.7 Å². The van der Waals surface area contributed by atoms with E-state index in [0.717, 1.165) is 38.4 Å². The first-order chi connectivity index (χ1) is 7.34. The van der Waals surface area contributed by atoms with Gasteiger partial charge in [0.1, 0.15) is 11.0 Å². The highest BCUT2D eigenvalue weighted by atomic mass is 35.5. The van der Waals surface area contributed by atoms with Crippen molar-refractivity contribution in [1.82, 2.24) is 9.97 Å². The Morgan fingerprint density at radius 1 is 1.33 bits per heavy atom. The number of nitrogens with one attached hydrogen (secondary N) is 1. The maximum atomic E-state index is 5.64. The van der Waals surface area contributed by atoms with Crippen LogP contribution in [-0.2, 0) is 4.74 Å². The third kappa shape index (κ3) is 3.32. The Morgan fingerprint density at radius 2 is 2.13 bits per heavy atom. The van der Waals surface area contributed by atoms with E-state index in [1.165, 1.54) is 0 Å². The monoisotopic (exact) mass is 227 g/mol. The molecule has 0 unspecified atom stereocenters. The van der Waals surface area contributed by atoms with Gasteiger partial charge in [0, 0.05) is 19.8 Å². The summed E-state index contributed by atoms with van der Waals surface area (Å²) in [4.78, 5) is 8.08. The van der Waals surface area contributed by atoms with Crippen LogP contribution in [0.15, 0.2) is 12.4 Å². The Hall–Kier alpha value is -0.870. The SMILES string of the molecule is Clc1cnc(NCC2CCOCC2)cn1. The summed E-state index contributed by atoms with van der Waals surface area (Å²) in [6.07, 6.45) is 5.44. The van der Waals surface area contributed by atoms with Gasteiger partial charge in [-0.25, -0.2) is 9.97 Å². The van der Waals surface area contributed by atoms with E-state index in [0.29, 0.717) is 11.1 Å². The molecule has 15 heavy (non-hydrogen) atoms. The Morgan fingerprint density at radius 3 is 2.80 bits per heavy atom. The number of ether oxygens (including phenoxy) is 1. The summed E-state index contributed by atoms with van der Waals surface area (Å²) in [6, 6.07) is 0. The molecule has 1 fully saturated rings. The molecule has 0 saturated carbocycles. The normalized spacial score (nSPS) is 17.7. The second-order valence-corrected chi connectivity index (χ2v) is 4.05. The van der Waals surface area contributed by atoms with Gasteiger partial charge in [0.05, 0.1) is 12.4 Å². The molecule has 1 saturated heterocycles. The third-order valence-corrected chi connectivity index (χ3v) is 2.73. The molecule has 4 nitrogen and oxygen atoms in total. The molecule has 1 aromatic rings. The second kappa shape index (κ2) is 5.28. The summed E-state index contributed by atoms with van der Waals surface area (Å²) in [5.74, 6) is 1.46. The van der Waals surface area contributed by atoms with Crippen molar-refractivity contribution in [2.45, 2.75) is 12.8 Å². The van der Waals surface area contributed by atoms with E-state index < -0.39 is 0 Å². The van der Waals surface area contributed by atoms with E-state index in [1.54, 1.807) is 12.4 Å². The number of aromatic nitrogens is 2. The summed E-state index contributed by atoms with van der Waals surface area (Å²) < 4.78 is 5.29. The molecule has 1 aromatic heterocycles. The van der Waals surface area contributed by atoms with Gasteiger partial charge in [-0.15, -0.1) is 0 Å². The van der Waals surface area contributed by atoms with Crippen LogP contribution in [0.25, 0.3) is 0 Å². The predicted octanol–water partition coefficient (Wildman–Crippen LogP) is 1.97. The molecular weight excluding hydrogens is 214 g/mol. The molecule has 1 aliphatic heterocycles. The molecule has 5 heteroatoms. The molecule has 2 rings (SSSR count). The van der Waals surface area contributed by atoms with Crippen molar-refractivity contribution < 1.29 is 4.74 Å². The second-order valence-electron chi connectivity index (χ2n) is 3.66. The van der Waals surface area contributed by atoms with E-state index in [1.807, 2.05) is 0 Å². The number of nitrogens with zero attached hydrogens (tertiary/aromatic N) is 2. The summed E-state index contributed by atoms with van der Waals surface area (Å²) in [5.41, 5.74) is 0. The summed E-state index contributed by atoms with van der Waals surface area (Å²) in [7, 11) is 0. The summed E-state index contributed by atoms with van der Waals surface area (Å²) in [5, 5.41) is 3.68. The van der Waals surface area contributed by atoms with Gasteiger partial charge in [0.25, 0.3) is 0 Å². The zero-order valence-corrected chi connectivity index (χ0v) is 9.20. The molecule has 0 atom stereocenters. The van der Waals surface area contributed by atoms with Crippen molar-refractivity contribution in [3.63, 3.8) is 0 Å². The topological polar surface area (TPSA) is 47.0 Å². The molecule has 0 amide bonds. The van der Waals surface area contributed by atoms with Crippen LogP contribution in [0.4, 0.5) is 5.82 Å². The first kappa shape index (κ1) is 10.6. The van der Waals surface area contributed by atoms with Gasteiger partial charge < -0.3 is 10.1 Å². The van der Waals surface area contributed by atoms with E-state index in [2.05, 4.69) is 15.3 Å². The molecule has 1 N–H and O–H groups in total. The van der Waals surface area contributed by atoms with Crippen molar-refractivity contribution >= 4 is 17.4 Å². The van der Waals surface area contributed by atoms with Gasteiger partial charge in [0.2, 0.25) is 0 Å². The zero-order valence-electron chi connectivity index (χ0n) is 8.45. The Balaban J connectivity index is 1.79. The molecule has 0 bridgehead atoms. The molecule has 1 aliphatic rings. The lowest BCUT2D eigenvalue weighted by Crippen LogP contribution is -2.22. The number of anilines is 1. The van der Waals surface area contributed by atoms with E-state index in [-0.39, 0.29) is 0 Å². The molecule has 82 valence electrons. The van der Waals surface area contributed by atoms with Crippen LogP contribution in [0.1, 0.15) is 12.8 Å². The van der Waals surface area contributed by atoms with Gasteiger partial charge in [-0.2, -0.15) is 0 Å². The molecule has 0 spiro atoms. The minimum absolute atomic E-state index is 0.423. The Labute approximate surface area is 94.0 Å². The fraction of sp³-hybridized carbons (Fsp3) is 0.600. The largest absolute Gasteiger partial charge is 0.381 e. The maximum Gasteiger partial charge on any atom is 0.147 e. The van der Waals surface area contributed by atoms with Crippen LogP contribution < -0.4 is 5.32 Å². The minimum atomic E-state index is 0.423. The molecule has 0 radical (unpaired) electrons. The van der Waals surface area contributed by atoms with Crippen molar-refractivity contribution in [3.8, 4) is 0 Å². The summed E-state index contributed by atoms with van der Waals surface area (Å²) >= 11 is 5.64. The van der Waals surface area contributed by atoms with E-state index >= 15 is 0 Å². The molecule has 0 aromatic carbocycles. The van der Waals surface area contributed by atoms with Gasteiger partial charge in [-0.05, 0) is 18.8 Å². The summed E-state index contributed by atoms with van der Waals surface area (Å²) in [6.45, 7) is 2.68. The third-order valence-electron chi connectivity index (χ3n) is 2.53. The van der Waals surface area contributed by atoms with Gasteiger partial charge in [-0.3, -0.25) is 0 Å². The van der Waals surface area contributed by atoms with Crippen LogP contribution >= 0.6 is 11.6 Å². The number of halogens is 1. The van der Waals surface area contributed by atoms with E-state index in [9.17, 15) is 0 Å². The van der Waals surface area contributed by atoms with Crippen molar-refractivity contribution in [1.29, 1.82) is 0 Å². The fourth-order valence-corrected chi connectivity index (χ4v) is 1.70. The Bertz CT molecular complexity index is 298. The first-order valence-electron chi connectivity index (χ1n) is 5.14. The zero-order chi connectivity index (χ0) is 10.5. The number of rotatable bonds is 3. The number of hydrogen-bond donors (Lipinski definition) is 1. The number of hydrogen-bond acceptors (Lipinski definition) is 4. The smallest absolute Gasteiger partial charge is 0.147 e. The van der Waals surface area contributed by atoms with Crippen molar-refractivity contribution in [2.75, 3.05) is 25.1 Å². The lowest BCUT2D eigenvalue weighted by molar-refractivity contribution is 0.0699. The standard InChI is InChI=1S/C10H14ClN3O/c11-9-6-14-10(7-12-9)13-5-8-1-3-15-4-2-8/h6-8H,1-5H2,(H,13,14). The van der Waals surface area contributed by atoms with E-state index in [4.69, 9.17) is 16.3 Å². The highest BCUT2D eigenvalue weighted by Crippen LogP contribution is 2.15. The predicted molar refractivity (Wildman–Crippen MR) is 59.1 cm³/mol. The van der Waals surface area contributed by atoms with Crippen LogP contribution in [0.2, 0.25) is 5.15 Å². The molecular formula is C10H14ClN3O. The van der Waals surface area contributed by atoms with Gasteiger partial charge in [0.15, 0.2) is 0 Å². The average Bonchev–Trinajstić information content (AvgIpc) is 2.30. The average molecular weight is 228 g/mol. The van der Waals surface area contributed by atoms with Crippen LogP contribution in [0.3, 0.4) is 0 Å². The maximum absolute atomic E-state index is 5.64. The van der Waals surface area contributed by atoms with Gasteiger partial charge >= 0.3 is 0 Å². The first-order valence-corrected chi connectivity index (χ1v) is 5.51. The fourth-order valence-electron chi connectivity index (χ4n) is 1.60.